The highest BCUT2D eigenvalue weighted by Gasteiger charge is 2.36. The second kappa shape index (κ2) is 30.7. The van der Waals surface area contributed by atoms with Crippen LogP contribution in [0.5, 0.6) is 0 Å². The molecule has 0 fully saturated rings. The van der Waals surface area contributed by atoms with E-state index < -0.39 is 133 Å². The molecular weight excluding hydrogens is 853 g/mol. The predicted octanol–water partition coefficient (Wildman–Crippen LogP) is -5.36. The Bertz CT molecular complexity index is 1570. The number of nitrogens with zero attached hydrogens (tertiary/aromatic N) is 1. The third kappa shape index (κ3) is 23.1. The number of guanidine groups is 1. The van der Waals surface area contributed by atoms with E-state index in [2.05, 4.69) is 42.2 Å². The molecule has 0 aromatic rings. The number of aliphatic carboxylic acids is 2. The van der Waals surface area contributed by atoms with E-state index in [9.17, 15) is 63.6 Å². The van der Waals surface area contributed by atoms with Crippen LogP contribution in [-0.2, 0) is 43.2 Å². The Labute approximate surface area is 370 Å². The second-order valence-corrected chi connectivity index (χ2v) is 16.0. The number of aliphatic imine (C=N–C) groups is 1. The average Bonchev–Trinajstić information content (AvgIpc) is 3.20. The van der Waals surface area contributed by atoms with Crippen molar-refractivity contribution in [3.63, 3.8) is 0 Å². The van der Waals surface area contributed by atoms with Gasteiger partial charge in [-0.25, -0.2) is 4.79 Å². The lowest BCUT2D eigenvalue weighted by molar-refractivity contribution is -0.143. The molecule has 0 aliphatic rings. The minimum Gasteiger partial charge on any atom is -0.481 e. The highest BCUT2D eigenvalue weighted by Crippen LogP contribution is 2.10. The van der Waals surface area contributed by atoms with E-state index in [0.717, 1.165) is 6.92 Å². The van der Waals surface area contributed by atoms with Crippen molar-refractivity contribution < 1.29 is 63.6 Å². The average molecular weight is 921 g/mol. The fourth-order valence-corrected chi connectivity index (χ4v) is 6.05. The maximum absolute atomic E-state index is 13.8. The Balaban J connectivity index is 6.31. The number of carboxylic acid groups (broad SMARTS) is 2. The summed E-state index contributed by atoms with van der Waals surface area (Å²) in [5.41, 5.74) is 21.8. The molecule has 0 bridgehead atoms. The van der Waals surface area contributed by atoms with Gasteiger partial charge in [-0.2, -0.15) is 11.8 Å². The molecular formula is C37H68N12O13S. The van der Waals surface area contributed by atoms with Crippen molar-refractivity contribution >= 4 is 71.0 Å². The molecule has 0 aromatic heterocycles. The monoisotopic (exact) mass is 920 g/mol. The van der Waals surface area contributed by atoms with E-state index in [4.69, 9.17) is 22.9 Å². The molecule has 0 radical (unpaired) electrons. The summed E-state index contributed by atoms with van der Waals surface area (Å²) >= 11 is 1.28. The van der Waals surface area contributed by atoms with Crippen LogP contribution in [0.2, 0.25) is 0 Å². The standard InChI is InChI=1S/C37H68N12O13S/c1-18(2)27(48-31(56)21(43-29(54)19(3)39)10-8-15-42-37(40)41)34(59)45-22(11-12-26(52)53)30(55)44-23(13-16-63-5)32(57)49-28(20(4)51)35(60)47-25(17-50)33(58)46-24(36(61)62)9-6-7-14-38/h18-25,27-28,50-51H,6-17,38-39H2,1-5H3,(H,43,54)(H,44,55)(H,45,59)(H,46,58)(H,47,60)(H,48,56)(H,49,57)(H,52,53)(H,61,62)(H4,40,41,42)/t19-,20+,21-,22-,23-,24-,25-,27-,28-/m0/s1. The van der Waals surface area contributed by atoms with Gasteiger partial charge in [0.15, 0.2) is 5.96 Å². The molecule has 0 rings (SSSR count). The number of hydrogen-bond acceptors (Lipinski definition) is 15. The molecule has 0 spiro atoms. The molecule has 360 valence electrons. The minimum absolute atomic E-state index is 0.00954. The van der Waals surface area contributed by atoms with Crippen LogP contribution >= 0.6 is 11.8 Å². The number of nitrogens with two attached hydrogens (primary N) is 4. The van der Waals surface area contributed by atoms with Gasteiger partial charge in [-0.1, -0.05) is 13.8 Å². The fraction of sp³-hybridized carbons (Fsp3) is 0.730. The third-order valence-electron chi connectivity index (χ3n) is 9.20. The van der Waals surface area contributed by atoms with Crippen LogP contribution in [0.1, 0.15) is 79.1 Å². The topological polar surface area (TPSA) is 435 Å². The van der Waals surface area contributed by atoms with Gasteiger partial charge in [-0.3, -0.25) is 43.3 Å². The normalized spacial score (nSPS) is 15.3. The molecule has 63 heavy (non-hydrogen) atoms. The molecule has 0 aromatic carbocycles. The number of amides is 7. The van der Waals surface area contributed by atoms with Gasteiger partial charge in [0, 0.05) is 13.0 Å². The molecule has 19 N–H and O–H groups in total. The van der Waals surface area contributed by atoms with E-state index >= 15 is 0 Å². The number of thioether (sulfide) groups is 1. The summed E-state index contributed by atoms with van der Waals surface area (Å²) in [5.74, 6) is -9.84. The lowest BCUT2D eigenvalue weighted by Gasteiger charge is -2.29. The summed E-state index contributed by atoms with van der Waals surface area (Å²) in [6.07, 6.45) is 0.0414. The smallest absolute Gasteiger partial charge is 0.326 e. The van der Waals surface area contributed by atoms with Crippen molar-refractivity contribution in [3.8, 4) is 0 Å². The molecule has 25 nitrogen and oxygen atoms in total. The fourth-order valence-electron chi connectivity index (χ4n) is 5.58. The maximum atomic E-state index is 13.8. The molecule has 0 unspecified atom stereocenters. The summed E-state index contributed by atoms with van der Waals surface area (Å²) < 4.78 is 0. The van der Waals surface area contributed by atoms with Crippen LogP contribution in [0.3, 0.4) is 0 Å². The van der Waals surface area contributed by atoms with Crippen molar-refractivity contribution in [2.24, 2.45) is 33.8 Å². The minimum atomic E-state index is -1.78. The van der Waals surface area contributed by atoms with Crippen molar-refractivity contribution in [1.82, 2.24) is 37.2 Å². The number of unbranched alkanes of at least 4 members (excludes halogenated alkanes) is 1. The largest absolute Gasteiger partial charge is 0.481 e. The molecule has 0 saturated carbocycles. The SMILES string of the molecule is CSCC[C@H](NC(=O)[C@H](CCC(=O)O)NC(=O)[C@@H](NC(=O)[C@H](CCCN=C(N)N)NC(=O)[C@H](C)N)C(C)C)C(=O)N[C@H](C(=O)N[C@@H](CO)C(=O)N[C@@H](CCCCN)C(=O)O)[C@@H](C)O. The number of carbonyl (C=O) groups excluding carboxylic acids is 7. The van der Waals surface area contributed by atoms with Gasteiger partial charge in [0.1, 0.15) is 42.3 Å². The quantitative estimate of drug-likeness (QED) is 0.0170. The number of nitrogens with one attached hydrogen (secondary N) is 7. The Morgan fingerprint density at radius 2 is 1.06 bits per heavy atom. The van der Waals surface area contributed by atoms with Crippen LogP contribution in [0.25, 0.3) is 0 Å². The van der Waals surface area contributed by atoms with Crippen LogP contribution in [0.4, 0.5) is 0 Å². The van der Waals surface area contributed by atoms with E-state index in [1.165, 1.54) is 18.7 Å². The van der Waals surface area contributed by atoms with E-state index in [1.807, 2.05) is 0 Å². The number of aliphatic hydroxyl groups excluding tert-OH is 2. The number of rotatable bonds is 32. The van der Waals surface area contributed by atoms with Gasteiger partial charge >= 0.3 is 11.9 Å². The second-order valence-electron chi connectivity index (χ2n) is 15.0. The van der Waals surface area contributed by atoms with Crippen molar-refractivity contribution in [2.75, 3.05) is 31.7 Å². The lowest BCUT2D eigenvalue weighted by atomic mass is 10.0. The van der Waals surface area contributed by atoms with Gasteiger partial charge in [0.05, 0.1) is 18.8 Å². The van der Waals surface area contributed by atoms with Crippen LogP contribution in [0, 0.1) is 5.92 Å². The Morgan fingerprint density at radius 1 is 0.603 bits per heavy atom. The molecule has 0 aliphatic carbocycles. The number of carbonyl (C=O) groups is 9. The summed E-state index contributed by atoms with van der Waals surface area (Å²) in [4.78, 5) is 120. The Hall–Kier alpha value is -5.31. The van der Waals surface area contributed by atoms with Gasteiger partial charge in [0.25, 0.3) is 0 Å². The van der Waals surface area contributed by atoms with Crippen LogP contribution in [0.15, 0.2) is 4.99 Å². The molecule has 26 heteroatoms. The third-order valence-corrected chi connectivity index (χ3v) is 9.85. The van der Waals surface area contributed by atoms with Gasteiger partial charge < -0.3 is 80.6 Å². The van der Waals surface area contributed by atoms with Crippen molar-refractivity contribution in [2.45, 2.75) is 134 Å². The van der Waals surface area contributed by atoms with Gasteiger partial charge in [-0.05, 0) is 83.3 Å². The molecule has 0 heterocycles. The van der Waals surface area contributed by atoms with Crippen LogP contribution in [-0.4, -0.2) is 166 Å². The van der Waals surface area contributed by atoms with E-state index in [0.29, 0.717) is 12.8 Å². The summed E-state index contributed by atoms with van der Waals surface area (Å²) in [7, 11) is 0. The number of hydrogen-bond donors (Lipinski definition) is 15. The number of carboxylic acids is 2. The first-order valence-electron chi connectivity index (χ1n) is 20.4. The Morgan fingerprint density at radius 3 is 1.56 bits per heavy atom. The highest BCUT2D eigenvalue weighted by molar-refractivity contribution is 7.98. The summed E-state index contributed by atoms with van der Waals surface area (Å²) in [6.45, 7) is 5.11. The van der Waals surface area contributed by atoms with E-state index in [-0.39, 0.29) is 50.5 Å². The highest BCUT2D eigenvalue weighted by atomic mass is 32.2. The molecule has 0 aliphatic heterocycles. The van der Waals surface area contributed by atoms with Gasteiger partial charge in [-0.15, -0.1) is 0 Å². The Kier molecular flexibility index (Phi) is 28.1. The molecule has 9 atom stereocenters. The maximum Gasteiger partial charge on any atom is 0.326 e. The zero-order chi connectivity index (χ0) is 48.4. The molecule has 7 amide bonds. The first kappa shape index (κ1) is 57.7. The lowest BCUT2D eigenvalue weighted by Crippen LogP contribution is -2.62. The molecule has 0 saturated heterocycles. The first-order chi connectivity index (χ1) is 29.5. The predicted molar refractivity (Wildman–Crippen MR) is 231 cm³/mol. The zero-order valence-electron chi connectivity index (χ0n) is 36.4. The van der Waals surface area contributed by atoms with E-state index in [1.54, 1.807) is 20.1 Å². The zero-order valence-corrected chi connectivity index (χ0v) is 37.2. The van der Waals surface area contributed by atoms with Gasteiger partial charge in [0.2, 0.25) is 41.4 Å². The first-order valence-corrected chi connectivity index (χ1v) is 21.8. The van der Waals surface area contributed by atoms with Crippen LogP contribution < -0.4 is 60.2 Å². The summed E-state index contributed by atoms with van der Waals surface area (Å²) in [6, 6.07) is -11.4. The van der Waals surface area contributed by atoms with Crippen molar-refractivity contribution in [1.29, 1.82) is 0 Å². The van der Waals surface area contributed by atoms with Crippen molar-refractivity contribution in [3.05, 3.63) is 0 Å². The summed E-state index contributed by atoms with van der Waals surface area (Å²) in [5, 5.41) is 56.0. The number of aliphatic hydroxyl groups is 2.